The van der Waals surface area contributed by atoms with Crippen LogP contribution in [0.2, 0.25) is 0 Å². The van der Waals surface area contributed by atoms with Gasteiger partial charge in [0.15, 0.2) is 11.5 Å². The fraction of sp³-hybridized carbons (Fsp3) is 0.214. The number of carbonyl (C=O) groups excluding carboxylic acids is 3. The van der Waals surface area contributed by atoms with E-state index in [1.54, 1.807) is 12.1 Å². The van der Waals surface area contributed by atoms with Gasteiger partial charge in [0.2, 0.25) is 0 Å². The zero-order valence-electron chi connectivity index (χ0n) is 12.3. The molecule has 1 fully saturated rings. The molecule has 1 saturated heterocycles. The number of hydrogen-bond donors (Lipinski definition) is 2. The number of urea groups is 1. The van der Waals surface area contributed by atoms with E-state index in [9.17, 15) is 19.5 Å². The maximum Gasteiger partial charge on any atom is 0.329 e. The van der Waals surface area contributed by atoms with Gasteiger partial charge in [-0.3, -0.25) is 9.59 Å². The quantitative estimate of drug-likeness (QED) is 0.459. The summed E-state index contributed by atoms with van der Waals surface area (Å²) in [6.45, 7) is -0.494. The summed E-state index contributed by atoms with van der Waals surface area (Å²) in [6.07, 6.45) is 1.29. The lowest BCUT2D eigenvalue weighted by atomic mass is 10.1. The number of hydrogen-bond acceptors (Lipinski definition) is 6. The molecule has 1 aromatic carbocycles. The number of methoxy groups -OCH3 is 2. The zero-order chi connectivity index (χ0) is 17.1. The number of phenols is 1. The number of amides is 3. The van der Waals surface area contributed by atoms with Crippen molar-refractivity contribution >= 4 is 39.9 Å². The van der Waals surface area contributed by atoms with Crippen LogP contribution in [-0.4, -0.2) is 48.7 Å². The summed E-state index contributed by atoms with van der Waals surface area (Å²) in [6, 6.07) is 2.36. The highest BCUT2D eigenvalue weighted by Gasteiger charge is 2.35. The first-order chi connectivity index (χ1) is 10.9. The van der Waals surface area contributed by atoms with Crippen molar-refractivity contribution in [2.45, 2.75) is 0 Å². The lowest BCUT2D eigenvalue weighted by molar-refractivity contribution is -0.143. The lowest BCUT2D eigenvalue weighted by Crippen LogP contribution is -2.36. The number of rotatable bonds is 4. The van der Waals surface area contributed by atoms with Crippen molar-refractivity contribution in [3.05, 3.63) is 27.9 Å². The van der Waals surface area contributed by atoms with Crippen LogP contribution in [0, 0.1) is 0 Å². The number of benzene rings is 1. The van der Waals surface area contributed by atoms with Crippen molar-refractivity contribution < 1.29 is 29.0 Å². The van der Waals surface area contributed by atoms with Crippen LogP contribution in [0.5, 0.6) is 11.5 Å². The summed E-state index contributed by atoms with van der Waals surface area (Å²) in [7, 11) is 2.54. The Bertz CT molecular complexity index is 715. The molecule has 1 heterocycles. The van der Waals surface area contributed by atoms with Gasteiger partial charge in [-0.15, -0.1) is 0 Å². The molecule has 0 saturated carbocycles. The number of esters is 1. The molecule has 1 aliphatic rings. The van der Waals surface area contributed by atoms with Gasteiger partial charge >= 0.3 is 12.0 Å². The number of carbonyl (C=O) groups is 3. The van der Waals surface area contributed by atoms with Crippen LogP contribution in [0.3, 0.4) is 0 Å². The maximum atomic E-state index is 12.2. The fourth-order valence-corrected chi connectivity index (χ4v) is 2.38. The molecule has 3 amide bonds. The molecule has 0 unspecified atom stereocenters. The Kier molecular flexibility index (Phi) is 4.89. The highest BCUT2D eigenvalue weighted by Crippen LogP contribution is 2.35. The second-order valence-corrected chi connectivity index (χ2v) is 5.42. The van der Waals surface area contributed by atoms with Crippen molar-refractivity contribution in [3.63, 3.8) is 0 Å². The SMILES string of the molecule is COC(=O)CN1C(=O)N/C(=C/c2cc(Br)cc(OC)c2O)C1=O. The molecule has 122 valence electrons. The largest absolute Gasteiger partial charge is 0.504 e. The Morgan fingerprint density at radius 3 is 2.70 bits per heavy atom. The van der Waals surface area contributed by atoms with Gasteiger partial charge in [0.1, 0.15) is 12.2 Å². The van der Waals surface area contributed by atoms with E-state index in [-0.39, 0.29) is 22.8 Å². The highest BCUT2D eigenvalue weighted by atomic mass is 79.9. The lowest BCUT2D eigenvalue weighted by Gasteiger charge is -2.09. The minimum Gasteiger partial charge on any atom is -0.504 e. The maximum absolute atomic E-state index is 12.2. The van der Waals surface area contributed by atoms with E-state index in [0.29, 0.717) is 9.37 Å². The summed E-state index contributed by atoms with van der Waals surface area (Å²) in [4.78, 5) is 35.9. The number of nitrogens with one attached hydrogen (secondary N) is 1. The molecule has 0 bridgehead atoms. The van der Waals surface area contributed by atoms with Crippen LogP contribution < -0.4 is 10.1 Å². The number of ether oxygens (including phenoxy) is 2. The number of aromatic hydroxyl groups is 1. The molecule has 9 heteroatoms. The van der Waals surface area contributed by atoms with Gasteiger partial charge in [-0.25, -0.2) is 9.69 Å². The van der Waals surface area contributed by atoms with Crippen LogP contribution in [0.1, 0.15) is 5.56 Å². The van der Waals surface area contributed by atoms with Crippen LogP contribution in [0.25, 0.3) is 6.08 Å². The summed E-state index contributed by atoms with van der Waals surface area (Å²) in [5.41, 5.74) is 0.189. The van der Waals surface area contributed by atoms with E-state index < -0.39 is 24.5 Å². The number of nitrogens with zero attached hydrogens (tertiary/aromatic N) is 1. The van der Waals surface area contributed by atoms with Crippen molar-refractivity contribution in [2.75, 3.05) is 20.8 Å². The second-order valence-electron chi connectivity index (χ2n) is 4.50. The molecule has 2 N–H and O–H groups in total. The molecule has 2 rings (SSSR count). The Morgan fingerprint density at radius 2 is 2.09 bits per heavy atom. The molecular formula is C14H13BrN2O6. The minimum atomic E-state index is -0.742. The van der Waals surface area contributed by atoms with Gasteiger partial charge in [-0.05, 0) is 18.2 Å². The van der Waals surface area contributed by atoms with Gasteiger partial charge in [0.05, 0.1) is 14.2 Å². The third-order valence-electron chi connectivity index (χ3n) is 3.07. The number of imide groups is 1. The monoisotopic (exact) mass is 384 g/mol. The van der Waals surface area contributed by atoms with Gasteiger partial charge in [-0.1, -0.05) is 15.9 Å². The Morgan fingerprint density at radius 1 is 1.39 bits per heavy atom. The van der Waals surface area contributed by atoms with E-state index in [2.05, 4.69) is 26.0 Å². The summed E-state index contributed by atoms with van der Waals surface area (Å²) >= 11 is 3.25. The number of halogens is 1. The van der Waals surface area contributed by atoms with Crippen LogP contribution >= 0.6 is 15.9 Å². The normalized spacial score (nSPS) is 15.8. The van der Waals surface area contributed by atoms with Crippen LogP contribution in [-0.2, 0) is 14.3 Å². The van der Waals surface area contributed by atoms with Crippen LogP contribution in [0.4, 0.5) is 4.79 Å². The van der Waals surface area contributed by atoms with Gasteiger partial charge in [-0.2, -0.15) is 0 Å². The Balaban J connectivity index is 2.34. The smallest absolute Gasteiger partial charge is 0.329 e. The Labute approximate surface area is 139 Å². The average Bonchev–Trinajstić information content (AvgIpc) is 2.77. The summed E-state index contributed by atoms with van der Waals surface area (Å²) in [5, 5.41) is 12.4. The molecule has 0 spiro atoms. The predicted octanol–water partition coefficient (Wildman–Crippen LogP) is 1.23. The summed E-state index contributed by atoms with van der Waals surface area (Å²) in [5.74, 6) is -1.40. The third-order valence-corrected chi connectivity index (χ3v) is 3.52. The van der Waals surface area contributed by atoms with E-state index in [4.69, 9.17) is 4.74 Å². The molecule has 1 aromatic rings. The van der Waals surface area contributed by atoms with Crippen molar-refractivity contribution in [2.24, 2.45) is 0 Å². The number of phenolic OH excluding ortho intramolecular Hbond substituents is 1. The van der Waals surface area contributed by atoms with E-state index >= 15 is 0 Å². The first-order valence-corrected chi connectivity index (χ1v) is 7.14. The van der Waals surface area contributed by atoms with Crippen molar-refractivity contribution in [1.29, 1.82) is 0 Å². The standard InChI is InChI=1S/C14H13BrN2O6/c1-22-10-5-8(15)3-7(12(10)19)4-9-13(20)17(14(21)16-9)6-11(18)23-2/h3-5,19H,6H2,1-2H3,(H,16,21)/b9-4+. The molecule has 0 aliphatic carbocycles. The molecule has 0 aromatic heterocycles. The molecule has 0 atom stereocenters. The van der Waals surface area contributed by atoms with E-state index in [1.165, 1.54) is 13.2 Å². The summed E-state index contributed by atoms with van der Waals surface area (Å²) < 4.78 is 10.1. The molecule has 0 radical (unpaired) electrons. The first kappa shape index (κ1) is 16.8. The van der Waals surface area contributed by atoms with E-state index in [1.807, 2.05) is 0 Å². The van der Waals surface area contributed by atoms with Crippen molar-refractivity contribution in [1.82, 2.24) is 10.2 Å². The third kappa shape index (κ3) is 3.45. The fourth-order valence-electron chi connectivity index (χ4n) is 1.92. The molecular weight excluding hydrogens is 372 g/mol. The van der Waals surface area contributed by atoms with Crippen LogP contribution in [0.15, 0.2) is 22.3 Å². The van der Waals surface area contributed by atoms with E-state index in [0.717, 1.165) is 7.11 Å². The molecule has 1 aliphatic heterocycles. The second kappa shape index (κ2) is 6.69. The zero-order valence-corrected chi connectivity index (χ0v) is 13.8. The predicted molar refractivity (Wildman–Crippen MR) is 82.6 cm³/mol. The van der Waals surface area contributed by atoms with Crippen molar-refractivity contribution in [3.8, 4) is 11.5 Å². The Hall–Kier alpha value is -2.55. The minimum absolute atomic E-state index is 0.0747. The average molecular weight is 385 g/mol. The molecule has 8 nitrogen and oxygen atoms in total. The first-order valence-electron chi connectivity index (χ1n) is 6.35. The topological polar surface area (TPSA) is 105 Å². The highest BCUT2D eigenvalue weighted by molar-refractivity contribution is 9.10. The van der Waals surface area contributed by atoms with Gasteiger partial charge in [0.25, 0.3) is 5.91 Å². The van der Waals surface area contributed by atoms with Gasteiger partial charge < -0.3 is 19.9 Å². The van der Waals surface area contributed by atoms with Gasteiger partial charge in [0, 0.05) is 10.0 Å². The molecule has 23 heavy (non-hydrogen) atoms.